The molecular weight excluding hydrogens is 208 g/mol. The lowest BCUT2D eigenvalue weighted by atomic mass is 9.89. The topological polar surface area (TPSA) is 71.7 Å². The SMILES string of the molecule is COC1=CC=C(C#N)C2=NC(C)OC(=O)C12. The van der Waals surface area contributed by atoms with Crippen molar-refractivity contribution in [1.29, 1.82) is 5.26 Å². The number of aliphatic imine (C=N–C) groups is 1. The number of rotatable bonds is 1. The Morgan fingerprint density at radius 3 is 2.94 bits per heavy atom. The van der Waals surface area contributed by atoms with Gasteiger partial charge in [0.05, 0.1) is 18.4 Å². The van der Waals surface area contributed by atoms with E-state index in [4.69, 9.17) is 14.7 Å². The van der Waals surface area contributed by atoms with E-state index in [2.05, 4.69) is 4.99 Å². The molecule has 2 aliphatic rings. The predicted molar refractivity (Wildman–Crippen MR) is 55.3 cm³/mol. The average molecular weight is 218 g/mol. The molecule has 1 aliphatic carbocycles. The number of hydrogen-bond donors (Lipinski definition) is 0. The fraction of sp³-hybridized carbons (Fsp3) is 0.364. The molecule has 0 aromatic heterocycles. The molecule has 16 heavy (non-hydrogen) atoms. The quantitative estimate of drug-likeness (QED) is 0.614. The van der Waals surface area contributed by atoms with E-state index in [-0.39, 0.29) is 0 Å². The minimum Gasteiger partial charge on any atom is -0.500 e. The molecule has 5 nitrogen and oxygen atoms in total. The van der Waals surface area contributed by atoms with Gasteiger partial charge in [-0.3, -0.25) is 4.79 Å². The third-order valence-corrected chi connectivity index (χ3v) is 2.45. The number of hydrogen-bond acceptors (Lipinski definition) is 5. The predicted octanol–water partition coefficient (Wildman–Crippen LogP) is 0.940. The van der Waals surface area contributed by atoms with Crippen LogP contribution in [0.2, 0.25) is 0 Å². The summed E-state index contributed by atoms with van der Waals surface area (Å²) in [5.74, 6) is -0.665. The molecule has 2 unspecified atom stereocenters. The molecule has 0 saturated heterocycles. The van der Waals surface area contributed by atoms with Crippen LogP contribution in [0.15, 0.2) is 28.5 Å². The largest absolute Gasteiger partial charge is 0.500 e. The van der Waals surface area contributed by atoms with Gasteiger partial charge in [-0.25, -0.2) is 4.99 Å². The lowest BCUT2D eigenvalue weighted by Crippen LogP contribution is -2.38. The van der Waals surface area contributed by atoms with Gasteiger partial charge in [0.1, 0.15) is 11.8 Å². The highest BCUT2D eigenvalue weighted by molar-refractivity contribution is 6.17. The van der Waals surface area contributed by atoms with E-state index in [1.807, 2.05) is 6.07 Å². The van der Waals surface area contributed by atoms with Gasteiger partial charge in [-0.05, 0) is 19.1 Å². The van der Waals surface area contributed by atoms with Crippen LogP contribution in [0.3, 0.4) is 0 Å². The lowest BCUT2D eigenvalue weighted by Gasteiger charge is -2.28. The van der Waals surface area contributed by atoms with Crippen molar-refractivity contribution in [2.24, 2.45) is 10.9 Å². The number of carbonyl (C=O) groups excluding carboxylic acids is 1. The molecule has 0 fully saturated rings. The van der Waals surface area contributed by atoms with Gasteiger partial charge >= 0.3 is 5.97 Å². The molecule has 0 N–H and O–H groups in total. The number of carbonyl (C=O) groups is 1. The van der Waals surface area contributed by atoms with Gasteiger partial charge in [-0.1, -0.05) is 0 Å². The van der Waals surface area contributed by atoms with Crippen molar-refractivity contribution in [3.8, 4) is 6.07 Å². The molecule has 1 aliphatic heterocycles. The fourth-order valence-corrected chi connectivity index (χ4v) is 1.75. The molecule has 5 heteroatoms. The lowest BCUT2D eigenvalue weighted by molar-refractivity contribution is -0.151. The zero-order valence-corrected chi connectivity index (χ0v) is 8.93. The van der Waals surface area contributed by atoms with Gasteiger partial charge in [-0.2, -0.15) is 5.26 Å². The van der Waals surface area contributed by atoms with Gasteiger partial charge in [0.15, 0.2) is 12.1 Å². The van der Waals surface area contributed by atoms with Crippen LogP contribution < -0.4 is 0 Å². The highest BCUT2D eigenvalue weighted by Gasteiger charge is 2.39. The van der Waals surface area contributed by atoms with E-state index >= 15 is 0 Å². The number of fused-ring (bicyclic) bond motifs is 1. The molecule has 2 rings (SSSR count). The Morgan fingerprint density at radius 1 is 1.56 bits per heavy atom. The highest BCUT2D eigenvalue weighted by atomic mass is 16.6. The maximum absolute atomic E-state index is 11.7. The number of cyclic esters (lactones) is 1. The first-order chi connectivity index (χ1) is 7.67. The van der Waals surface area contributed by atoms with Crippen molar-refractivity contribution in [1.82, 2.24) is 0 Å². The molecule has 0 radical (unpaired) electrons. The molecule has 0 saturated carbocycles. The third kappa shape index (κ3) is 1.48. The molecular formula is C11H10N2O3. The number of nitrogens with zero attached hydrogens (tertiary/aromatic N) is 2. The third-order valence-electron chi connectivity index (χ3n) is 2.45. The van der Waals surface area contributed by atoms with Gasteiger partial charge < -0.3 is 9.47 Å². The Bertz CT molecular complexity index is 468. The molecule has 2 atom stereocenters. The second-order valence-electron chi connectivity index (χ2n) is 3.45. The minimum atomic E-state index is -0.694. The maximum atomic E-state index is 11.7. The number of esters is 1. The van der Waals surface area contributed by atoms with Crippen molar-refractivity contribution < 1.29 is 14.3 Å². The van der Waals surface area contributed by atoms with Crippen LogP contribution in [0.1, 0.15) is 6.92 Å². The van der Waals surface area contributed by atoms with E-state index in [0.717, 1.165) is 0 Å². The molecule has 82 valence electrons. The fourth-order valence-electron chi connectivity index (χ4n) is 1.75. The summed E-state index contributed by atoms with van der Waals surface area (Å²) in [6.45, 7) is 1.65. The van der Waals surface area contributed by atoms with Gasteiger partial charge in [0.25, 0.3) is 0 Å². The zero-order valence-electron chi connectivity index (χ0n) is 8.93. The highest BCUT2D eigenvalue weighted by Crippen LogP contribution is 2.28. The van der Waals surface area contributed by atoms with Gasteiger partial charge in [0, 0.05) is 0 Å². The number of ether oxygens (including phenoxy) is 2. The monoisotopic (exact) mass is 218 g/mol. The Kier molecular flexibility index (Phi) is 2.49. The molecule has 0 aromatic carbocycles. The smallest absolute Gasteiger partial charge is 0.324 e. The summed E-state index contributed by atoms with van der Waals surface area (Å²) in [4.78, 5) is 15.9. The number of methoxy groups -OCH3 is 1. The first-order valence-corrected chi connectivity index (χ1v) is 4.82. The van der Waals surface area contributed by atoms with Crippen LogP contribution >= 0.6 is 0 Å². The van der Waals surface area contributed by atoms with Crippen molar-refractivity contribution in [2.75, 3.05) is 7.11 Å². The Morgan fingerprint density at radius 2 is 2.31 bits per heavy atom. The molecule has 0 spiro atoms. The summed E-state index contributed by atoms with van der Waals surface area (Å²) in [5.41, 5.74) is 0.819. The summed E-state index contributed by atoms with van der Waals surface area (Å²) in [6.07, 6.45) is 2.64. The molecule has 1 heterocycles. The van der Waals surface area contributed by atoms with E-state index in [1.165, 1.54) is 7.11 Å². The van der Waals surface area contributed by atoms with Crippen LogP contribution in [0.5, 0.6) is 0 Å². The van der Waals surface area contributed by atoms with Crippen LogP contribution in [0.25, 0.3) is 0 Å². The van der Waals surface area contributed by atoms with Crippen LogP contribution in [-0.4, -0.2) is 25.0 Å². The number of allylic oxidation sites excluding steroid dienone is 3. The molecule has 0 amide bonds. The summed E-state index contributed by atoms with van der Waals surface area (Å²) >= 11 is 0. The van der Waals surface area contributed by atoms with Crippen molar-refractivity contribution in [3.63, 3.8) is 0 Å². The summed E-state index contributed by atoms with van der Waals surface area (Å²) in [7, 11) is 1.47. The van der Waals surface area contributed by atoms with Gasteiger partial charge in [0.2, 0.25) is 0 Å². The normalized spacial score (nSPS) is 27.8. The van der Waals surface area contributed by atoms with Crippen LogP contribution in [-0.2, 0) is 14.3 Å². The van der Waals surface area contributed by atoms with Crippen molar-refractivity contribution >= 4 is 11.7 Å². The summed E-state index contributed by atoms with van der Waals surface area (Å²) in [6, 6.07) is 2.01. The maximum Gasteiger partial charge on any atom is 0.324 e. The standard InChI is InChI=1S/C11H10N2O3/c1-6-13-10-7(5-12)3-4-8(15-2)9(10)11(14)16-6/h3-4,6,9H,1-2H3. The number of nitriles is 1. The summed E-state index contributed by atoms with van der Waals surface area (Å²) in [5, 5.41) is 8.94. The van der Waals surface area contributed by atoms with Crippen molar-refractivity contribution in [3.05, 3.63) is 23.5 Å². The van der Waals surface area contributed by atoms with Crippen LogP contribution in [0, 0.1) is 17.2 Å². The molecule has 0 bridgehead atoms. The van der Waals surface area contributed by atoms with E-state index in [0.29, 0.717) is 17.0 Å². The van der Waals surface area contributed by atoms with E-state index in [9.17, 15) is 4.79 Å². The first kappa shape index (κ1) is 10.4. The van der Waals surface area contributed by atoms with Crippen LogP contribution in [0.4, 0.5) is 0 Å². The van der Waals surface area contributed by atoms with Gasteiger partial charge in [-0.15, -0.1) is 0 Å². The summed E-state index contributed by atoms with van der Waals surface area (Å²) < 4.78 is 10.1. The van der Waals surface area contributed by atoms with Crippen molar-refractivity contribution in [2.45, 2.75) is 13.2 Å². The molecule has 0 aromatic rings. The average Bonchev–Trinajstić information content (AvgIpc) is 2.27. The second kappa shape index (κ2) is 3.81. The zero-order chi connectivity index (χ0) is 11.7. The minimum absolute atomic E-state index is 0.384. The van der Waals surface area contributed by atoms with E-state index in [1.54, 1.807) is 19.1 Å². The Labute approximate surface area is 92.7 Å². The second-order valence-corrected chi connectivity index (χ2v) is 3.45. The Hall–Kier alpha value is -2.09. The van der Waals surface area contributed by atoms with E-state index < -0.39 is 18.1 Å². The Balaban J connectivity index is 2.52. The first-order valence-electron chi connectivity index (χ1n) is 4.82.